The highest BCUT2D eigenvalue weighted by molar-refractivity contribution is 6.02. The molecule has 0 spiro atoms. The predicted molar refractivity (Wildman–Crippen MR) is 60.1 cm³/mol. The fourth-order valence-electron chi connectivity index (χ4n) is 1.15. The van der Waals surface area contributed by atoms with Gasteiger partial charge < -0.3 is 15.9 Å². The molecule has 0 unspecified atom stereocenters. The SMILES string of the molecule is Cc1oc([CH]CC(N)=O)nc1C(=O)N(C)C(N)=O. The molecule has 8 heteroatoms. The molecule has 0 aliphatic carbocycles. The molecule has 1 heterocycles. The van der Waals surface area contributed by atoms with Crippen molar-refractivity contribution >= 4 is 17.8 Å². The number of hydrogen-bond acceptors (Lipinski definition) is 5. The third kappa shape index (κ3) is 3.06. The number of hydrogen-bond donors (Lipinski definition) is 2. The van der Waals surface area contributed by atoms with Crippen molar-refractivity contribution in [3.8, 4) is 0 Å². The van der Waals surface area contributed by atoms with Gasteiger partial charge in [-0.15, -0.1) is 0 Å². The quantitative estimate of drug-likeness (QED) is 0.750. The Hall–Kier alpha value is -2.38. The zero-order valence-corrected chi connectivity index (χ0v) is 9.97. The molecule has 4 amide bonds. The Morgan fingerprint density at radius 3 is 2.50 bits per heavy atom. The van der Waals surface area contributed by atoms with Crippen molar-refractivity contribution in [2.45, 2.75) is 13.3 Å². The number of aryl methyl sites for hydroxylation is 1. The second kappa shape index (κ2) is 5.30. The molecule has 1 aromatic heterocycles. The Morgan fingerprint density at radius 2 is 2.00 bits per heavy atom. The first kappa shape index (κ1) is 13.7. The summed E-state index contributed by atoms with van der Waals surface area (Å²) in [7, 11) is 1.23. The Balaban J connectivity index is 2.87. The van der Waals surface area contributed by atoms with Crippen LogP contribution in [0.15, 0.2) is 4.42 Å². The van der Waals surface area contributed by atoms with E-state index >= 15 is 0 Å². The number of nitrogens with zero attached hydrogens (tertiary/aromatic N) is 2. The third-order valence-corrected chi connectivity index (χ3v) is 2.13. The zero-order valence-electron chi connectivity index (χ0n) is 9.97. The van der Waals surface area contributed by atoms with Crippen LogP contribution in [0.1, 0.15) is 28.6 Å². The van der Waals surface area contributed by atoms with Gasteiger partial charge in [0, 0.05) is 13.5 Å². The van der Waals surface area contributed by atoms with Crippen molar-refractivity contribution in [3.63, 3.8) is 0 Å². The van der Waals surface area contributed by atoms with Gasteiger partial charge in [-0.25, -0.2) is 9.78 Å². The van der Waals surface area contributed by atoms with Gasteiger partial charge in [0.05, 0.1) is 6.42 Å². The minimum Gasteiger partial charge on any atom is -0.445 e. The molecule has 0 fully saturated rings. The lowest BCUT2D eigenvalue weighted by Gasteiger charge is -2.09. The summed E-state index contributed by atoms with van der Waals surface area (Å²) in [5.74, 6) is -0.910. The highest BCUT2D eigenvalue weighted by Crippen LogP contribution is 2.14. The van der Waals surface area contributed by atoms with Gasteiger partial charge in [-0.3, -0.25) is 14.5 Å². The van der Waals surface area contributed by atoms with Crippen molar-refractivity contribution in [2.75, 3.05) is 7.05 Å². The number of urea groups is 1. The fourth-order valence-corrected chi connectivity index (χ4v) is 1.15. The smallest absolute Gasteiger partial charge is 0.321 e. The molecule has 8 nitrogen and oxygen atoms in total. The molecule has 0 saturated carbocycles. The van der Waals surface area contributed by atoms with Gasteiger partial charge in [0.15, 0.2) is 11.6 Å². The maximum Gasteiger partial charge on any atom is 0.321 e. The van der Waals surface area contributed by atoms with Crippen LogP contribution in [0.4, 0.5) is 4.79 Å². The number of carbonyl (C=O) groups excluding carboxylic acids is 3. The van der Waals surface area contributed by atoms with Crippen molar-refractivity contribution < 1.29 is 18.8 Å². The van der Waals surface area contributed by atoms with E-state index in [1.807, 2.05) is 0 Å². The third-order valence-electron chi connectivity index (χ3n) is 2.13. The van der Waals surface area contributed by atoms with Crippen molar-refractivity contribution in [1.29, 1.82) is 0 Å². The number of nitrogens with two attached hydrogens (primary N) is 2. The molecular weight excluding hydrogens is 240 g/mol. The van der Waals surface area contributed by atoms with Crippen LogP contribution in [0.5, 0.6) is 0 Å². The number of amides is 4. The first-order valence-corrected chi connectivity index (χ1v) is 4.99. The summed E-state index contributed by atoms with van der Waals surface area (Å²) in [6.45, 7) is 1.51. The van der Waals surface area contributed by atoms with Crippen molar-refractivity contribution in [1.82, 2.24) is 9.88 Å². The summed E-state index contributed by atoms with van der Waals surface area (Å²) in [6.07, 6.45) is 1.29. The van der Waals surface area contributed by atoms with E-state index in [4.69, 9.17) is 15.9 Å². The number of carbonyl (C=O) groups is 3. The van der Waals surface area contributed by atoms with E-state index in [1.165, 1.54) is 20.4 Å². The number of rotatable bonds is 4. The first-order valence-electron chi connectivity index (χ1n) is 4.99. The van der Waals surface area contributed by atoms with Gasteiger partial charge in [-0.05, 0) is 6.92 Å². The summed E-state index contributed by atoms with van der Waals surface area (Å²) in [4.78, 5) is 37.8. The number of primary amides is 2. The summed E-state index contributed by atoms with van der Waals surface area (Å²) < 4.78 is 5.14. The number of imide groups is 1. The zero-order chi connectivity index (χ0) is 13.9. The van der Waals surface area contributed by atoms with Crippen LogP contribution in [0.3, 0.4) is 0 Å². The van der Waals surface area contributed by atoms with Crippen molar-refractivity contribution in [3.05, 3.63) is 23.8 Å². The fraction of sp³-hybridized carbons (Fsp3) is 0.300. The summed E-state index contributed by atoms with van der Waals surface area (Å²) in [6, 6.07) is -0.898. The van der Waals surface area contributed by atoms with E-state index in [-0.39, 0.29) is 23.8 Å². The number of oxazole rings is 1. The molecule has 0 aliphatic rings. The Morgan fingerprint density at radius 1 is 1.39 bits per heavy atom. The second-order valence-electron chi connectivity index (χ2n) is 3.53. The van der Waals surface area contributed by atoms with Crippen molar-refractivity contribution in [2.24, 2.45) is 11.5 Å². The topological polar surface area (TPSA) is 133 Å². The lowest BCUT2D eigenvalue weighted by Crippen LogP contribution is -2.37. The van der Waals surface area contributed by atoms with Gasteiger partial charge in [-0.2, -0.15) is 0 Å². The minimum absolute atomic E-state index is 0.0352. The van der Waals surface area contributed by atoms with E-state index < -0.39 is 17.8 Å². The van der Waals surface area contributed by atoms with Crippen LogP contribution in [0, 0.1) is 13.3 Å². The second-order valence-corrected chi connectivity index (χ2v) is 3.53. The average Bonchev–Trinajstić information content (AvgIpc) is 2.65. The highest BCUT2D eigenvalue weighted by atomic mass is 16.4. The van der Waals surface area contributed by atoms with Gasteiger partial charge in [0.2, 0.25) is 5.91 Å². The molecule has 0 bridgehead atoms. The Labute approximate surface area is 103 Å². The molecular formula is C10H13N4O4. The van der Waals surface area contributed by atoms with Crippen LogP contribution in [0.2, 0.25) is 0 Å². The largest absolute Gasteiger partial charge is 0.445 e. The maximum atomic E-state index is 11.8. The molecule has 18 heavy (non-hydrogen) atoms. The maximum absolute atomic E-state index is 11.8. The van der Waals surface area contributed by atoms with E-state index in [0.717, 1.165) is 0 Å². The standard InChI is InChI=1S/C10H13N4O4/c1-5-8(9(16)14(2)10(12)17)13-7(18-5)4-3-6(11)15/h4H,3H2,1-2H3,(H2,11,15)(H2,12,17). The van der Waals surface area contributed by atoms with E-state index in [1.54, 1.807) is 0 Å². The van der Waals surface area contributed by atoms with Crippen LogP contribution in [-0.4, -0.2) is 34.8 Å². The van der Waals surface area contributed by atoms with Gasteiger partial charge >= 0.3 is 6.03 Å². The number of aromatic nitrogens is 1. The molecule has 97 valence electrons. The van der Waals surface area contributed by atoms with Gasteiger partial charge in [0.25, 0.3) is 5.91 Å². The Bertz CT molecular complexity index is 494. The summed E-state index contributed by atoms with van der Waals surface area (Å²) in [5.41, 5.74) is 9.89. The first-order chi connectivity index (χ1) is 8.32. The van der Waals surface area contributed by atoms with Crippen LogP contribution >= 0.6 is 0 Å². The van der Waals surface area contributed by atoms with Gasteiger partial charge in [-0.1, -0.05) is 0 Å². The van der Waals surface area contributed by atoms with Crippen LogP contribution in [-0.2, 0) is 4.79 Å². The molecule has 1 rings (SSSR count). The predicted octanol–water partition coefficient (Wildman–Crippen LogP) is -0.438. The molecule has 0 aromatic carbocycles. The lowest BCUT2D eigenvalue weighted by atomic mass is 10.3. The molecule has 0 saturated heterocycles. The average molecular weight is 253 g/mol. The van der Waals surface area contributed by atoms with Gasteiger partial charge in [0.1, 0.15) is 5.76 Å². The normalized spacial score (nSPS) is 10.1. The molecule has 1 aromatic rings. The highest BCUT2D eigenvalue weighted by Gasteiger charge is 2.23. The summed E-state index contributed by atoms with van der Waals surface area (Å²) >= 11 is 0. The molecule has 1 radical (unpaired) electrons. The van der Waals surface area contributed by atoms with E-state index in [2.05, 4.69) is 4.98 Å². The molecule has 4 N–H and O–H groups in total. The monoisotopic (exact) mass is 253 g/mol. The van der Waals surface area contributed by atoms with Crippen LogP contribution < -0.4 is 11.5 Å². The lowest BCUT2D eigenvalue weighted by molar-refractivity contribution is -0.117. The van der Waals surface area contributed by atoms with Crippen LogP contribution in [0.25, 0.3) is 0 Å². The van der Waals surface area contributed by atoms with E-state index in [9.17, 15) is 14.4 Å². The summed E-state index contributed by atoms with van der Waals surface area (Å²) in [5, 5.41) is 0. The van der Waals surface area contributed by atoms with E-state index in [0.29, 0.717) is 4.90 Å². The molecule has 0 atom stereocenters. The molecule has 0 aliphatic heterocycles. The Kier molecular flexibility index (Phi) is 4.03. The minimum atomic E-state index is -0.898.